The van der Waals surface area contributed by atoms with Crippen LogP contribution in [-0.2, 0) is 4.79 Å². The number of nitrogens with zero attached hydrogens (tertiary/aromatic N) is 8. The molecule has 8 rings (SSSR count). The molecule has 0 spiro atoms. The van der Waals surface area contributed by atoms with E-state index in [9.17, 15) is 19.2 Å². The highest BCUT2D eigenvalue weighted by Gasteiger charge is 2.29. The Bertz CT molecular complexity index is 2230. The van der Waals surface area contributed by atoms with Crippen LogP contribution >= 0.6 is 0 Å². The van der Waals surface area contributed by atoms with Crippen molar-refractivity contribution in [3.8, 4) is 0 Å². The Labute approximate surface area is 333 Å². The fourth-order valence-electron chi connectivity index (χ4n) is 9.22. The first-order chi connectivity index (χ1) is 27.5. The van der Waals surface area contributed by atoms with Crippen LogP contribution in [0.25, 0.3) is 11.0 Å². The Balaban J connectivity index is 0.827. The standard InChI is InChI=1S/C43H54N10O4/c1-27-23-34(24-36(28(27)2)52-18-14-38(55)47-43(52)57)50-16-12-31(13-17-50)11-15-49-19-21-51(22-20-49)33-9-10-37(44-25-33)46-42-45-26-35-29(3)39(30(4)54)41(56)53(40(35)48-42)32-7-5-6-8-32/h9-10,23-26,31-32H,5-8,11-22H2,1-4H3,(H,47,55,57)(H,44,45,46,48). The van der Waals surface area contributed by atoms with Gasteiger partial charge in [-0.1, -0.05) is 12.8 Å². The highest BCUT2D eigenvalue weighted by Crippen LogP contribution is 2.34. The molecule has 0 unspecified atom stereocenters. The zero-order chi connectivity index (χ0) is 39.8. The molecule has 1 aliphatic carbocycles. The number of anilines is 5. The van der Waals surface area contributed by atoms with Gasteiger partial charge in [-0.3, -0.25) is 34.1 Å². The first kappa shape index (κ1) is 38.5. The van der Waals surface area contributed by atoms with Crippen LogP contribution in [-0.4, -0.2) is 94.5 Å². The average molecular weight is 775 g/mol. The number of pyridine rings is 2. The van der Waals surface area contributed by atoms with Crippen molar-refractivity contribution < 1.29 is 14.4 Å². The predicted molar refractivity (Wildman–Crippen MR) is 223 cm³/mol. The van der Waals surface area contributed by atoms with Gasteiger partial charge in [-0.05, 0) is 113 Å². The third-order valence-electron chi connectivity index (χ3n) is 12.8. The molecule has 1 aromatic carbocycles. The number of carbonyl (C=O) groups excluding carboxylic acids is 3. The molecule has 3 aromatic heterocycles. The van der Waals surface area contributed by atoms with E-state index in [1.165, 1.54) is 13.3 Å². The number of Topliss-reactive ketones (excluding diaryl/α,β-unsaturated/α-hetero) is 1. The van der Waals surface area contributed by atoms with Crippen molar-refractivity contribution >= 4 is 57.6 Å². The average Bonchev–Trinajstić information content (AvgIpc) is 3.74. The van der Waals surface area contributed by atoms with E-state index in [1.54, 1.807) is 22.6 Å². The molecule has 2 N–H and O–H groups in total. The molecular weight excluding hydrogens is 721 g/mol. The van der Waals surface area contributed by atoms with E-state index in [0.29, 0.717) is 41.9 Å². The van der Waals surface area contributed by atoms with Gasteiger partial charge in [0, 0.05) is 75.5 Å². The molecule has 300 valence electrons. The Kier molecular flexibility index (Phi) is 11.0. The van der Waals surface area contributed by atoms with Gasteiger partial charge >= 0.3 is 6.03 Å². The lowest BCUT2D eigenvalue weighted by molar-refractivity contribution is -0.120. The summed E-state index contributed by atoms with van der Waals surface area (Å²) in [7, 11) is 0. The number of carbonyl (C=O) groups is 3. The van der Waals surface area contributed by atoms with Crippen molar-refractivity contribution in [2.75, 3.05) is 72.4 Å². The first-order valence-corrected chi connectivity index (χ1v) is 20.6. The molecule has 1 saturated carbocycles. The molecule has 0 atom stereocenters. The maximum Gasteiger partial charge on any atom is 0.328 e. The number of benzene rings is 1. The quantitative estimate of drug-likeness (QED) is 0.182. The van der Waals surface area contributed by atoms with Crippen LogP contribution < -0.4 is 30.9 Å². The van der Waals surface area contributed by atoms with Crippen LogP contribution in [0, 0.1) is 26.7 Å². The number of amides is 3. The highest BCUT2D eigenvalue weighted by atomic mass is 16.2. The fraction of sp³-hybridized carbons (Fsp3) is 0.512. The SMILES string of the molecule is CC(=O)c1c(C)c2cnc(Nc3ccc(N4CCN(CCC5CCN(c6cc(C)c(C)c(N7CCC(=O)NC7=O)c6)CC5)CC4)cn3)nc2n(C2CCCC2)c1=O. The van der Waals surface area contributed by atoms with Crippen LogP contribution in [0.1, 0.15) is 91.4 Å². The van der Waals surface area contributed by atoms with E-state index in [2.05, 4.69) is 55.4 Å². The number of hydrogen-bond acceptors (Lipinski definition) is 11. The van der Waals surface area contributed by atoms with Gasteiger partial charge in [0.15, 0.2) is 5.78 Å². The molecule has 57 heavy (non-hydrogen) atoms. The molecule has 14 nitrogen and oxygen atoms in total. The summed E-state index contributed by atoms with van der Waals surface area (Å²) < 4.78 is 1.73. The maximum absolute atomic E-state index is 13.6. The molecule has 3 aliphatic heterocycles. The lowest BCUT2D eigenvalue weighted by Crippen LogP contribution is -2.50. The number of fused-ring (bicyclic) bond motifs is 1. The summed E-state index contributed by atoms with van der Waals surface area (Å²) in [5.74, 6) is 1.24. The summed E-state index contributed by atoms with van der Waals surface area (Å²) >= 11 is 0. The monoisotopic (exact) mass is 774 g/mol. The number of piperidine rings is 1. The van der Waals surface area contributed by atoms with Gasteiger partial charge in [-0.25, -0.2) is 14.8 Å². The molecule has 4 fully saturated rings. The Morgan fingerprint density at radius 3 is 2.26 bits per heavy atom. The summed E-state index contributed by atoms with van der Waals surface area (Å²) in [6.07, 6.45) is 11.3. The zero-order valence-corrected chi connectivity index (χ0v) is 33.6. The van der Waals surface area contributed by atoms with Crippen LogP contribution in [0.5, 0.6) is 0 Å². The maximum atomic E-state index is 13.6. The second-order valence-corrected chi connectivity index (χ2v) is 16.3. The Hall–Kier alpha value is -5.37. The first-order valence-electron chi connectivity index (χ1n) is 20.6. The van der Waals surface area contributed by atoms with Crippen molar-refractivity contribution in [2.45, 2.75) is 85.1 Å². The molecule has 3 amide bonds. The highest BCUT2D eigenvalue weighted by molar-refractivity contribution is 6.06. The van der Waals surface area contributed by atoms with E-state index in [4.69, 9.17) is 9.97 Å². The molecular formula is C43H54N10O4. The van der Waals surface area contributed by atoms with Crippen LogP contribution in [0.3, 0.4) is 0 Å². The summed E-state index contributed by atoms with van der Waals surface area (Å²) in [4.78, 5) is 73.6. The number of urea groups is 1. The van der Waals surface area contributed by atoms with Crippen LogP contribution in [0.4, 0.5) is 33.6 Å². The summed E-state index contributed by atoms with van der Waals surface area (Å²) in [6, 6.07) is 8.07. The van der Waals surface area contributed by atoms with E-state index in [0.717, 1.165) is 118 Å². The second kappa shape index (κ2) is 16.2. The minimum Gasteiger partial charge on any atom is -0.371 e. The molecule has 4 aromatic rings. The lowest BCUT2D eigenvalue weighted by atomic mass is 9.92. The van der Waals surface area contributed by atoms with Crippen LogP contribution in [0.15, 0.2) is 41.5 Å². The predicted octanol–water partition coefficient (Wildman–Crippen LogP) is 6.05. The minimum atomic E-state index is -0.336. The number of rotatable bonds is 10. The largest absolute Gasteiger partial charge is 0.371 e. The van der Waals surface area contributed by atoms with E-state index in [-0.39, 0.29) is 34.9 Å². The topological polar surface area (TPSA) is 149 Å². The molecule has 4 aliphatic rings. The summed E-state index contributed by atoms with van der Waals surface area (Å²) in [5.41, 5.74) is 6.51. The van der Waals surface area contributed by atoms with Gasteiger partial charge in [0.25, 0.3) is 5.56 Å². The Morgan fingerprint density at radius 2 is 1.58 bits per heavy atom. The number of imide groups is 1. The van der Waals surface area contributed by atoms with E-state index >= 15 is 0 Å². The molecule has 0 bridgehead atoms. The Morgan fingerprint density at radius 1 is 0.842 bits per heavy atom. The van der Waals surface area contributed by atoms with Gasteiger partial charge in [0.2, 0.25) is 11.9 Å². The van der Waals surface area contributed by atoms with Crippen LogP contribution in [0.2, 0.25) is 0 Å². The lowest BCUT2D eigenvalue weighted by Gasteiger charge is -2.38. The zero-order valence-electron chi connectivity index (χ0n) is 33.6. The van der Waals surface area contributed by atoms with E-state index < -0.39 is 0 Å². The van der Waals surface area contributed by atoms with Crippen molar-refractivity contribution in [3.05, 3.63) is 69.3 Å². The number of nitrogens with one attached hydrogen (secondary N) is 2. The van der Waals surface area contributed by atoms with Gasteiger partial charge in [-0.2, -0.15) is 4.98 Å². The minimum absolute atomic E-state index is 0.0236. The number of ketones is 1. The fourth-order valence-corrected chi connectivity index (χ4v) is 9.22. The van der Waals surface area contributed by atoms with Crippen molar-refractivity contribution in [3.63, 3.8) is 0 Å². The van der Waals surface area contributed by atoms with Gasteiger partial charge in [0.05, 0.1) is 23.1 Å². The second-order valence-electron chi connectivity index (χ2n) is 16.3. The third kappa shape index (κ3) is 7.96. The molecule has 0 radical (unpaired) electrons. The van der Waals surface area contributed by atoms with Gasteiger partial charge in [-0.15, -0.1) is 0 Å². The number of hydrogen-bond donors (Lipinski definition) is 2. The van der Waals surface area contributed by atoms with Crippen molar-refractivity contribution in [1.82, 2.24) is 29.7 Å². The van der Waals surface area contributed by atoms with E-state index in [1.807, 2.05) is 19.2 Å². The van der Waals surface area contributed by atoms with Gasteiger partial charge < -0.3 is 15.1 Å². The molecule has 3 saturated heterocycles. The number of aryl methyl sites for hydroxylation is 2. The van der Waals surface area contributed by atoms with Gasteiger partial charge in [0.1, 0.15) is 11.5 Å². The van der Waals surface area contributed by atoms with Crippen molar-refractivity contribution in [2.24, 2.45) is 5.92 Å². The normalized spacial score (nSPS) is 18.8. The summed E-state index contributed by atoms with van der Waals surface area (Å²) in [5, 5.41) is 6.42. The molecule has 14 heteroatoms. The number of aromatic nitrogens is 4. The molecule has 6 heterocycles. The summed E-state index contributed by atoms with van der Waals surface area (Å²) in [6.45, 7) is 14.8. The number of piperazine rings is 1. The third-order valence-corrected chi connectivity index (χ3v) is 12.8. The van der Waals surface area contributed by atoms with Crippen molar-refractivity contribution in [1.29, 1.82) is 0 Å². The smallest absolute Gasteiger partial charge is 0.328 e.